The molecule has 0 saturated heterocycles. The average molecular weight is 549 g/mol. The van der Waals surface area contributed by atoms with Gasteiger partial charge in [-0.1, -0.05) is 97.1 Å². The second kappa shape index (κ2) is 9.33. The van der Waals surface area contributed by atoms with Gasteiger partial charge in [0.2, 0.25) is 0 Å². The minimum Gasteiger partial charge on any atom is -0.309 e. The molecule has 4 nitrogen and oxygen atoms in total. The Balaban J connectivity index is 1.21. The highest BCUT2D eigenvalue weighted by Gasteiger charge is 2.15. The summed E-state index contributed by atoms with van der Waals surface area (Å²) in [6.07, 6.45) is 1.62. The highest BCUT2D eigenvalue weighted by atomic mass is 15.0. The molecule has 0 saturated carbocycles. The van der Waals surface area contributed by atoms with Crippen LogP contribution in [0.1, 0.15) is 0 Å². The minimum atomic E-state index is 0.659. The molecule has 0 bridgehead atoms. The largest absolute Gasteiger partial charge is 0.309 e. The number of rotatable bonds is 3. The van der Waals surface area contributed by atoms with Crippen LogP contribution in [-0.2, 0) is 0 Å². The summed E-state index contributed by atoms with van der Waals surface area (Å²) in [6, 6.07) is 49.3. The van der Waals surface area contributed by atoms with Gasteiger partial charge in [0.05, 0.1) is 11.0 Å². The Morgan fingerprint density at radius 2 is 0.860 bits per heavy atom. The first-order valence-corrected chi connectivity index (χ1v) is 14.5. The van der Waals surface area contributed by atoms with Crippen molar-refractivity contribution in [2.75, 3.05) is 0 Å². The summed E-state index contributed by atoms with van der Waals surface area (Å²) >= 11 is 0. The third-order valence-corrected chi connectivity index (χ3v) is 8.52. The van der Waals surface area contributed by atoms with Gasteiger partial charge in [0.25, 0.3) is 0 Å². The maximum Gasteiger partial charge on any atom is 0.163 e. The molecule has 0 atom stereocenters. The van der Waals surface area contributed by atoms with E-state index >= 15 is 0 Å². The van der Waals surface area contributed by atoms with E-state index in [4.69, 9.17) is 4.98 Å². The predicted molar refractivity (Wildman–Crippen MR) is 178 cm³/mol. The lowest BCUT2D eigenvalue weighted by Gasteiger charge is -2.11. The molecule has 0 aliphatic carbocycles. The van der Waals surface area contributed by atoms with Gasteiger partial charge < -0.3 is 4.57 Å². The van der Waals surface area contributed by atoms with E-state index in [9.17, 15) is 0 Å². The van der Waals surface area contributed by atoms with Gasteiger partial charge in [-0.25, -0.2) is 15.0 Å². The number of fused-ring (bicyclic) bond motifs is 9. The Labute approximate surface area is 247 Å². The molecular formula is C39H24N4. The Hall–Kier alpha value is -5.87. The third kappa shape index (κ3) is 3.67. The Bertz CT molecular complexity index is 2480. The molecule has 9 aromatic rings. The first kappa shape index (κ1) is 23.8. The van der Waals surface area contributed by atoms with Crippen LogP contribution in [-0.4, -0.2) is 19.5 Å². The second-order valence-corrected chi connectivity index (χ2v) is 10.9. The molecule has 0 unspecified atom stereocenters. The molecule has 0 aliphatic heterocycles. The number of nitrogens with zero attached hydrogens (tertiary/aromatic N) is 4. The van der Waals surface area contributed by atoms with Crippen molar-refractivity contribution in [3.8, 4) is 28.5 Å². The molecule has 9 rings (SSSR count). The monoisotopic (exact) mass is 548 g/mol. The Morgan fingerprint density at radius 1 is 0.372 bits per heavy atom. The van der Waals surface area contributed by atoms with E-state index in [1.165, 1.54) is 48.6 Å². The molecule has 2 heterocycles. The zero-order valence-electron chi connectivity index (χ0n) is 23.1. The maximum atomic E-state index is 4.99. The lowest BCUT2D eigenvalue weighted by molar-refractivity contribution is 1.07. The summed E-state index contributed by atoms with van der Waals surface area (Å²) in [4.78, 5) is 14.2. The molecule has 0 aliphatic rings. The average Bonchev–Trinajstić information content (AvgIpc) is 3.42. The van der Waals surface area contributed by atoms with Crippen LogP contribution in [0.15, 0.2) is 146 Å². The van der Waals surface area contributed by atoms with Crippen LogP contribution < -0.4 is 0 Å². The van der Waals surface area contributed by atoms with Crippen molar-refractivity contribution in [1.82, 2.24) is 19.5 Å². The fraction of sp³-hybridized carbons (Fsp3) is 0. The summed E-state index contributed by atoms with van der Waals surface area (Å²) in [5.41, 5.74) is 5.40. The highest BCUT2D eigenvalue weighted by Crippen LogP contribution is 2.37. The van der Waals surface area contributed by atoms with Crippen LogP contribution in [0.3, 0.4) is 0 Å². The summed E-state index contributed by atoms with van der Waals surface area (Å²) in [6.45, 7) is 0. The molecule has 7 aromatic carbocycles. The van der Waals surface area contributed by atoms with E-state index in [0.29, 0.717) is 11.6 Å². The third-order valence-electron chi connectivity index (χ3n) is 8.52. The highest BCUT2D eigenvalue weighted by molar-refractivity contribution is 6.25. The normalized spacial score (nSPS) is 11.7. The number of para-hydroxylation sites is 2. The smallest absolute Gasteiger partial charge is 0.163 e. The number of hydrogen-bond donors (Lipinski definition) is 0. The van der Waals surface area contributed by atoms with Gasteiger partial charge in [0.1, 0.15) is 6.33 Å². The van der Waals surface area contributed by atoms with Crippen molar-refractivity contribution in [2.45, 2.75) is 0 Å². The first-order valence-electron chi connectivity index (χ1n) is 14.5. The topological polar surface area (TPSA) is 43.6 Å². The fourth-order valence-electron chi connectivity index (χ4n) is 6.59. The summed E-state index contributed by atoms with van der Waals surface area (Å²) in [5, 5.41) is 9.80. The lowest BCUT2D eigenvalue weighted by atomic mass is 9.93. The number of aromatic nitrogens is 4. The van der Waals surface area contributed by atoms with Crippen LogP contribution in [0.4, 0.5) is 0 Å². The summed E-state index contributed by atoms with van der Waals surface area (Å²) in [7, 11) is 0. The van der Waals surface area contributed by atoms with E-state index in [-0.39, 0.29) is 0 Å². The summed E-state index contributed by atoms with van der Waals surface area (Å²) in [5.74, 6) is 1.32. The number of hydrogen-bond acceptors (Lipinski definition) is 3. The molecule has 0 amide bonds. The molecular weight excluding hydrogens is 524 g/mol. The van der Waals surface area contributed by atoms with Crippen molar-refractivity contribution < 1.29 is 0 Å². The minimum absolute atomic E-state index is 0.659. The van der Waals surface area contributed by atoms with Crippen molar-refractivity contribution in [3.05, 3.63) is 146 Å². The van der Waals surface area contributed by atoms with Crippen LogP contribution in [0.5, 0.6) is 0 Å². The van der Waals surface area contributed by atoms with E-state index in [0.717, 1.165) is 22.3 Å². The molecule has 2 aromatic heterocycles. The quantitative estimate of drug-likeness (QED) is 0.206. The van der Waals surface area contributed by atoms with Gasteiger partial charge >= 0.3 is 0 Å². The zero-order chi connectivity index (χ0) is 28.3. The van der Waals surface area contributed by atoms with Gasteiger partial charge in [0.15, 0.2) is 11.6 Å². The summed E-state index contributed by atoms with van der Waals surface area (Å²) < 4.78 is 2.32. The van der Waals surface area contributed by atoms with Crippen LogP contribution in [0.25, 0.3) is 82.6 Å². The maximum absolute atomic E-state index is 4.99. The van der Waals surface area contributed by atoms with E-state index in [2.05, 4.69) is 148 Å². The van der Waals surface area contributed by atoms with Crippen LogP contribution in [0, 0.1) is 0 Å². The molecule has 4 heteroatoms. The van der Waals surface area contributed by atoms with Gasteiger partial charge in [-0.2, -0.15) is 0 Å². The second-order valence-electron chi connectivity index (χ2n) is 10.9. The van der Waals surface area contributed by atoms with Crippen LogP contribution in [0.2, 0.25) is 0 Å². The van der Waals surface area contributed by atoms with Gasteiger partial charge in [-0.3, -0.25) is 0 Å². The Morgan fingerprint density at radius 3 is 1.53 bits per heavy atom. The van der Waals surface area contributed by atoms with Crippen molar-refractivity contribution in [1.29, 1.82) is 0 Å². The number of benzene rings is 7. The molecule has 200 valence electrons. The van der Waals surface area contributed by atoms with Crippen molar-refractivity contribution in [3.63, 3.8) is 0 Å². The predicted octanol–water partition coefficient (Wildman–Crippen LogP) is 9.76. The molecule has 0 fully saturated rings. The SMILES string of the molecule is c1ccc(-n2c3ccccc3c3cc(-c4ncnc(-c5ccc6c7ccccc7c7ccccc7c6c5)n4)ccc32)cc1. The first-order chi connectivity index (χ1) is 21.3. The Kier molecular flexibility index (Phi) is 5.16. The van der Waals surface area contributed by atoms with E-state index in [1.807, 2.05) is 6.07 Å². The standard InChI is InChI=1S/C39H24N4/c1-2-10-27(11-3-1)43-36-17-9-8-16-33(36)35-23-26(19-21-37(35)43)39-41-24-40-38(42-39)25-18-20-32-30-14-5-4-12-28(30)29-13-6-7-15-31(29)34(32)22-25/h1-24H. The lowest BCUT2D eigenvalue weighted by Crippen LogP contribution is -1.96. The van der Waals surface area contributed by atoms with Crippen LogP contribution >= 0.6 is 0 Å². The molecule has 0 spiro atoms. The van der Waals surface area contributed by atoms with E-state index in [1.54, 1.807) is 6.33 Å². The van der Waals surface area contributed by atoms with E-state index < -0.39 is 0 Å². The van der Waals surface area contributed by atoms with Gasteiger partial charge in [-0.15, -0.1) is 0 Å². The molecule has 0 N–H and O–H groups in total. The molecule has 0 radical (unpaired) electrons. The van der Waals surface area contributed by atoms with Gasteiger partial charge in [-0.05, 0) is 74.8 Å². The van der Waals surface area contributed by atoms with Gasteiger partial charge in [0, 0.05) is 27.6 Å². The molecule has 43 heavy (non-hydrogen) atoms. The van der Waals surface area contributed by atoms with Crippen molar-refractivity contribution in [2.24, 2.45) is 0 Å². The fourth-order valence-corrected chi connectivity index (χ4v) is 6.59. The zero-order valence-corrected chi connectivity index (χ0v) is 23.1. The van der Waals surface area contributed by atoms with Crippen molar-refractivity contribution >= 4 is 54.1 Å².